The van der Waals surface area contributed by atoms with E-state index in [0.717, 1.165) is 55.2 Å². The van der Waals surface area contributed by atoms with Crippen LogP contribution in [0.5, 0.6) is 0 Å². The third-order valence-electron chi connectivity index (χ3n) is 3.64. The zero-order chi connectivity index (χ0) is 17.7. The fraction of sp³-hybridized carbons (Fsp3) is 0.421. The van der Waals surface area contributed by atoms with E-state index in [1.54, 1.807) is 13.4 Å². The molecule has 0 aliphatic heterocycles. The fourth-order valence-corrected chi connectivity index (χ4v) is 2.54. The number of aliphatic imine (C=N–C) groups is 1. The molecule has 0 bridgehead atoms. The van der Waals surface area contributed by atoms with Crippen LogP contribution in [-0.4, -0.2) is 32.8 Å². The van der Waals surface area contributed by atoms with Crippen LogP contribution in [0.15, 0.2) is 56.5 Å². The molecule has 1 aromatic heterocycles. The molecule has 0 fully saturated rings. The fourth-order valence-electron chi connectivity index (χ4n) is 2.27. The minimum Gasteiger partial charge on any atom is -0.469 e. The first-order chi connectivity index (χ1) is 12.3. The van der Waals surface area contributed by atoms with Gasteiger partial charge in [-0.2, -0.15) is 0 Å². The van der Waals surface area contributed by atoms with Gasteiger partial charge in [0, 0.05) is 37.7 Å². The summed E-state index contributed by atoms with van der Waals surface area (Å²) in [6.07, 6.45) is 4.61. The quantitative estimate of drug-likeness (QED) is 0.357. The highest BCUT2D eigenvalue weighted by molar-refractivity contribution is 9.10. The monoisotopic (exact) mass is 407 g/mol. The van der Waals surface area contributed by atoms with Crippen molar-refractivity contribution >= 4 is 21.9 Å². The smallest absolute Gasteiger partial charge is 0.191 e. The number of methoxy groups -OCH3 is 1. The van der Waals surface area contributed by atoms with E-state index >= 15 is 0 Å². The first-order valence-electron chi connectivity index (χ1n) is 8.56. The number of halogens is 1. The molecule has 0 atom stereocenters. The zero-order valence-electron chi connectivity index (χ0n) is 14.6. The summed E-state index contributed by atoms with van der Waals surface area (Å²) >= 11 is 3.45. The lowest BCUT2D eigenvalue weighted by molar-refractivity contribution is 0.193. The second kappa shape index (κ2) is 11.7. The van der Waals surface area contributed by atoms with E-state index in [1.165, 1.54) is 5.56 Å². The van der Waals surface area contributed by atoms with Crippen LogP contribution in [0.25, 0.3) is 0 Å². The second-order valence-corrected chi connectivity index (χ2v) is 6.59. The first-order valence-corrected chi connectivity index (χ1v) is 9.35. The van der Waals surface area contributed by atoms with Crippen LogP contribution < -0.4 is 10.6 Å². The van der Waals surface area contributed by atoms with Crippen molar-refractivity contribution in [2.75, 3.05) is 26.8 Å². The van der Waals surface area contributed by atoms with Crippen LogP contribution in [0.3, 0.4) is 0 Å². The van der Waals surface area contributed by atoms with Crippen LogP contribution >= 0.6 is 15.9 Å². The maximum Gasteiger partial charge on any atom is 0.191 e. The standard InChI is InChI=1S/C19H26BrN3O2/c1-24-13-3-2-11-21-19(22-12-10-18-5-4-14-25-18)23-15-16-6-8-17(20)9-7-16/h4-9,14H,2-3,10-13,15H2,1H3,(H2,21,22,23). The molecular formula is C19H26BrN3O2. The molecule has 0 amide bonds. The van der Waals surface area contributed by atoms with Gasteiger partial charge in [-0.1, -0.05) is 28.1 Å². The Morgan fingerprint density at radius 2 is 1.92 bits per heavy atom. The van der Waals surface area contributed by atoms with Crippen molar-refractivity contribution in [1.29, 1.82) is 0 Å². The molecule has 0 radical (unpaired) electrons. The van der Waals surface area contributed by atoms with Crippen molar-refractivity contribution in [2.24, 2.45) is 4.99 Å². The van der Waals surface area contributed by atoms with Gasteiger partial charge in [0.1, 0.15) is 5.76 Å². The molecule has 5 nitrogen and oxygen atoms in total. The summed E-state index contributed by atoms with van der Waals surface area (Å²) in [6, 6.07) is 12.1. The van der Waals surface area contributed by atoms with Gasteiger partial charge in [-0.05, 0) is 42.7 Å². The average Bonchev–Trinajstić information content (AvgIpc) is 3.13. The maximum atomic E-state index is 5.36. The normalized spacial score (nSPS) is 11.5. The van der Waals surface area contributed by atoms with E-state index in [0.29, 0.717) is 6.54 Å². The predicted octanol–water partition coefficient (Wildman–Crippen LogP) is 3.75. The minimum atomic E-state index is 0.640. The largest absolute Gasteiger partial charge is 0.469 e. The summed E-state index contributed by atoms with van der Waals surface area (Å²) in [5.41, 5.74) is 1.18. The number of hydrogen-bond acceptors (Lipinski definition) is 3. The van der Waals surface area contributed by atoms with E-state index < -0.39 is 0 Å². The summed E-state index contributed by atoms with van der Waals surface area (Å²) in [6.45, 7) is 3.08. The SMILES string of the molecule is COCCCCNC(=NCc1ccc(Br)cc1)NCCc1ccco1. The molecule has 0 unspecified atom stereocenters. The Morgan fingerprint density at radius 1 is 1.12 bits per heavy atom. The van der Waals surface area contributed by atoms with Gasteiger partial charge in [0.05, 0.1) is 12.8 Å². The Kier molecular flexibility index (Phi) is 9.15. The van der Waals surface area contributed by atoms with E-state index in [2.05, 4.69) is 43.7 Å². The highest BCUT2D eigenvalue weighted by atomic mass is 79.9. The summed E-state index contributed by atoms with van der Waals surface area (Å²) in [5.74, 6) is 1.80. The Hall–Kier alpha value is -1.79. The Balaban J connectivity index is 1.83. The number of furan rings is 1. The molecule has 0 aliphatic rings. The van der Waals surface area contributed by atoms with Crippen molar-refractivity contribution in [3.63, 3.8) is 0 Å². The third-order valence-corrected chi connectivity index (χ3v) is 4.17. The van der Waals surface area contributed by atoms with Gasteiger partial charge in [-0.25, -0.2) is 4.99 Å². The molecule has 0 spiro atoms. The van der Waals surface area contributed by atoms with Crippen LogP contribution in [0.4, 0.5) is 0 Å². The second-order valence-electron chi connectivity index (χ2n) is 5.67. The zero-order valence-corrected chi connectivity index (χ0v) is 16.2. The molecule has 2 aromatic rings. The van der Waals surface area contributed by atoms with Gasteiger partial charge in [0.2, 0.25) is 0 Å². The van der Waals surface area contributed by atoms with Gasteiger partial charge in [-0.3, -0.25) is 0 Å². The molecule has 0 saturated carbocycles. The number of unbranched alkanes of at least 4 members (excludes halogenated alkanes) is 1. The van der Waals surface area contributed by atoms with Crippen molar-refractivity contribution in [3.05, 3.63) is 58.5 Å². The molecule has 1 heterocycles. The topological polar surface area (TPSA) is 58.8 Å². The number of nitrogens with zero attached hydrogens (tertiary/aromatic N) is 1. The number of rotatable bonds is 10. The van der Waals surface area contributed by atoms with Crippen molar-refractivity contribution in [3.8, 4) is 0 Å². The highest BCUT2D eigenvalue weighted by Crippen LogP contribution is 2.11. The Labute approximate surface area is 158 Å². The lowest BCUT2D eigenvalue weighted by atomic mass is 10.2. The summed E-state index contributed by atoms with van der Waals surface area (Å²) in [7, 11) is 1.73. The predicted molar refractivity (Wildman–Crippen MR) is 105 cm³/mol. The number of guanidine groups is 1. The Morgan fingerprint density at radius 3 is 2.64 bits per heavy atom. The van der Waals surface area contributed by atoms with Gasteiger partial charge in [0.15, 0.2) is 5.96 Å². The van der Waals surface area contributed by atoms with Crippen molar-refractivity contribution in [1.82, 2.24) is 10.6 Å². The average molecular weight is 408 g/mol. The molecule has 2 N–H and O–H groups in total. The molecule has 25 heavy (non-hydrogen) atoms. The number of benzene rings is 1. The van der Waals surface area contributed by atoms with E-state index in [-0.39, 0.29) is 0 Å². The molecule has 1 aromatic carbocycles. The molecule has 0 aliphatic carbocycles. The molecular weight excluding hydrogens is 382 g/mol. The molecule has 0 saturated heterocycles. The van der Waals surface area contributed by atoms with Gasteiger partial charge in [0.25, 0.3) is 0 Å². The van der Waals surface area contributed by atoms with E-state index in [9.17, 15) is 0 Å². The van der Waals surface area contributed by atoms with Crippen LogP contribution in [0.2, 0.25) is 0 Å². The number of ether oxygens (including phenoxy) is 1. The maximum absolute atomic E-state index is 5.36. The van der Waals surface area contributed by atoms with Crippen molar-refractivity contribution in [2.45, 2.75) is 25.8 Å². The first kappa shape index (κ1) is 19.5. The third kappa shape index (κ3) is 8.23. The molecule has 6 heteroatoms. The van der Waals surface area contributed by atoms with E-state index in [4.69, 9.17) is 9.15 Å². The Bertz CT molecular complexity index is 612. The summed E-state index contributed by atoms with van der Waals surface area (Å²) in [4.78, 5) is 4.68. The van der Waals surface area contributed by atoms with Crippen LogP contribution in [0, 0.1) is 0 Å². The lowest BCUT2D eigenvalue weighted by Crippen LogP contribution is -2.39. The highest BCUT2D eigenvalue weighted by Gasteiger charge is 2.01. The van der Waals surface area contributed by atoms with Crippen LogP contribution in [-0.2, 0) is 17.7 Å². The van der Waals surface area contributed by atoms with Crippen molar-refractivity contribution < 1.29 is 9.15 Å². The van der Waals surface area contributed by atoms with Crippen LogP contribution in [0.1, 0.15) is 24.2 Å². The summed E-state index contributed by atoms with van der Waals surface area (Å²) < 4.78 is 11.5. The molecule has 136 valence electrons. The lowest BCUT2D eigenvalue weighted by Gasteiger charge is -2.12. The van der Waals surface area contributed by atoms with Gasteiger partial charge < -0.3 is 19.8 Å². The van der Waals surface area contributed by atoms with Gasteiger partial charge >= 0.3 is 0 Å². The minimum absolute atomic E-state index is 0.640. The number of nitrogens with one attached hydrogen (secondary N) is 2. The number of hydrogen-bond donors (Lipinski definition) is 2. The molecule has 2 rings (SSSR count). The summed E-state index contributed by atoms with van der Waals surface area (Å²) in [5, 5.41) is 6.75. The van der Waals surface area contributed by atoms with E-state index in [1.807, 2.05) is 24.3 Å². The van der Waals surface area contributed by atoms with Gasteiger partial charge in [-0.15, -0.1) is 0 Å².